The predicted octanol–water partition coefficient (Wildman–Crippen LogP) is 10.1. The molecule has 0 aliphatic rings. The molecule has 1 aromatic heterocycles. The topological polar surface area (TPSA) is 109 Å². The van der Waals surface area contributed by atoms with E-state index in [9.17, 15) is 14.4 Å². The Morgan fingerprint density at radius 2 is 1.44 bits per heavy atom. The van der Waals surface area contributed by atoms with E-state index in [-0.39, 0.29) is 11.6 Å². The van der Waals surface area contributed by atoms with Crippen LogP contribution in [0.1, 0.15) is 37.9 Å². The van der Waals surface area contributed by atoms with Gasteiger partial charge in [-0.3, -0.25) is 14.4 Å². The van der Waals surface area contributed by atoms with Crippen molar-refractivity contribution in [3.63, 3.8) is 0 Å². The molecule has 10 heteroatoms. The van der Waals surface area contributed by atoms with E-state index in [2.05, 4.69) is 27.0 Å². The molecule has 7 rings (SSSR count). The van der Waals surface area contributed by atoms with Gasteiger partial charge in [-0.05, 0) is 95.9 Å². The second-order valence-corrected chi connectivity index (χ2v) is 14.8. The van der Waals surface area contributed by atoms with E-state index in [0.29, 0.717) is 34.3 Å². The summed E-state index contributed by atoms with van der Waals surface area (Å²) in [6, 6.07) is 48.7. The summed E-state index contributed by atoms with van der Waals surface area (Å²) in [6.45, 7) is 2.46. The van der Waals surface area contributed by atoms with E-state index in [0.717, 1.165) is 31.8 Å². The van der Waals surface area contributed by atoms with Crippen LogP contribution in [0.25, 0.3) is 16.3 Å². The quantitative estimate of drug-likeness (QED) is 0.0798. The smallest absolute Gasteiger partial charge is 0.272 e. The van der Waals surface area contributed by atoms with Crippen LogP contribution in [0.15, 0.2) is 168 Å². The van der Waals surface area contributed by atoms with Crippen molar-refractivity contribution in [3.8, 4) is 5.75 Å². The Morgan fingerprint density at radius 3 is 2.15 bits per heavy atom. The van der Waals surface area contributed by atoms with E-state index < -0.39 is 17.1 Å². The van der Waals surface area contributed by atoms with Gasteiger partial charge in [-0.2, -0.15) is 0 Å². The third-order valence-corrected chi connectivity index (χ3v) is 10.6. The molecule has 0 saturated heterocycles. The normalized spacial score (nSPS) is 11.8. The maximum Gasteiger partial charge on any atom is 0.272 e. The van der Waals surface area contributed by atoms with Crippen LogP contribution in [-0.2, 0) is 16.2 Å². The van der Waals surface area contributed by atoms with Crippen molar-refractivity contribution in [1.82, 2.24) is 10.3 Å². The Balaban J connectivity index is 1.06. The number of hydrogen-bond acceptors (Lipinski definition) is 7. The van der Waals surface area contributed by atoms with Crippen LogP contribution in [0.2, 0.25) is 0 Å². The molecular formula is C45H36N4O4S2. The molecule has 1 heterocycles. The summed E-state index contributed by atoms with van der Waals surface area (Å²) < 4.78 is 6.93. The van der Waals surface area contributed by atoms with Gasteiger partial charge in [-0.25, -0.2) is 4.98 Å². The molecule has 7 aromatic rings. The lowest BCUT2D eigenvalue weighted by Gasteiger charge is -2.17. The van der Waals surface area contributed by atoms with Gasteiger partial charge in [0.15, 0.2) is 5.13 Å². The summed E-state index contributed by atoms with van der Waals surface area (Å²) in [5.41, 5.74) is 5.57. The van der Waals surface area contributed by atoms with Gasteiger partial charge in [-0.1, -0.05) is 108 Å². The minimum Gasteiger partial charge on any atom is -0.489 e. The molecule has 1 unspecified atom stereocenters. The first kappa shape index (κ1) is 36.9. The minimum atomic E-state index is -0.562. The molecule has 0 aliphatic heterocycles. The average molecular weight is 761 g/mol. The molecule has 0 aliphatic carbocycles. The van der Waals surface area contributed by atoms with Crippen molar-refractivity contribution >= 4 is 67.9 Å². The summed E-state index contributed by atoms with van der Waals surface area (Å²) in [4.78, 5) is 46.1. The number of carbonyl (C=O) groups excluding carboxylic acids is 3. The van der Waals surface area contributed by atoms with Crippen LogP contribution >= 0.6 is 23.1 Å². The molecule has 272 valence electrons. The lowest BCUT2D eigenvalue weighted by molar-refractivity contribution is -0.116. The summed E-state index contributed by atoms with van der Waals surface area (Å²) in [6.07, 6.45) is 1.62. The van der Waals surface area contributed by atoms with Crippen LogP contribution in [-0.4, -0.2) is 22.7 Å². The second kappa shape index (κ2) is 17.6. The number of aromatic nitrogens is 1. The molecule has 55 heavy (non-hydrogen) atoms. The van der Waals surface area contributed by atoms with Crippen molar-refractivity contribution in [2.75, 3.05) is 10.6 Å². The predicted molar refractivity (Wildman–Crippen MR) is 222 cm³/mol. The highest BCUT2D eigenvalue weighted by atomic mass is 32.2. The minimum absolute atomic E-state index is 0.0658. The van der Waals surface area contributed by atoms with Crippen LogP contribution < -0.4 is 20.7 Å². The molecular weight excluding hydrogens is 725 g/mol. The Morgan fingerprint density at radius 1 is 0.764 bits per heavy atom. The van der Waals surface area contributed by atoms with Crippen LogP contribution in [0.4, 0.5) is 10.8 Å². The summed E-state index contributed by atoms with van der Waals surface area (Å²) >= 11 is 2.84. The van der Waals surface area contributed by atoms with Gasteiger partial charge < -0.3 is 20.7 Å². The monoisotopic (exact) mass is 760 g/mol. The van der Waals surface area contributed by atoms with Crippen molar-refractivity contribution in [2.24, 2.45) is 0 Å². The molecule has 1 atom stereocenters. The molecule has 3 amide bonds. The zero-order valence-corrected chi connectivity index (χ0v) is 31.4. The number of thiazole rings is 1. The van der Waals surface area contributed by atoms with Crippen molar-refractivity contribution < 1.29 is 19.1 Å². The number of rotatable bonds is 13. The van der Waals surface area contributed by atoms with Gasteiger partial charge in [-0.15, -0.1) is 11.8 Å². The zero-order chi connectivity index (χ0) is 38.0. The second-order valence-electron chi connectivity index (χ2n) is 12.6. The average Bonchev–Trinajstić information content (AvgIpc) is 3.62. The number of carbonyl (C=O) groups is 3. The molecule has 3 N–H and O–H groups in total. The molecule has 0 fully saturated rings. The molecule has 0 bridgehead atoms. The Labute approximate surface area is 327 Å². The van der Waals surface area contributed by atoms with Crippen LogP contribution in [0.5, 0.6) is 5.75 Å². The van der Waals surface area contributed by atoms with Crippen molar-refractivity contribution in [3.05, 3.63) is 191 Å². The van der Waals surface area contributed by atoms with Gasteiger partial charge in [0.25, 0.3) is 11.8 Å². The lowest BCUT2D eigenvalue weighted by Crippen LogP contribution is -2.30. The van der Waals surface area contributed by atoms with Crippen molar-refractivity contribution in [1.29, 1.82) is 0 Å². The fourth-order valence-electron chi connectivity index (χ4n) is 5.62. The first-order valence-electron chi connectivity index (χ1n) is 17.5. The standard InChI is InChI=1S/C45H36N4O4S2/c1-30-17-26-38-40(27-30)55-45(48-38)49-44(52)41(33-13-7-3-8-14-33)54-37-24-20-35(21-25-37)46-43(51)39(47-42(50)34-15-9-4-10-16-34)28-31-18-22-36(23-19-31)53-29-32-11-5-2-6-12-32/h2-28,41H,29H2,1H3,(H,46,51)(H,47,50)(H,48,49,52)/b39-28-. The summed E-state index contributed by atoms with van der Waals surface area (Å²) in [5.74, 6) is -0.425. The Bertz CT molecular complexity index is 2440. The number of aryl methyl sites for hydroxylation is 1. The number of hydrogen-bond donors (Lipinski definition) is 3. The van der Waals surface area contributed by atoms with Gasteiger partial charge in [0.2, 0.25) is 5.91 Å². The Kier molecular flexibility index (Phi) is 11.8. The molecule has 8 nitrogen and oxygen atoms in total. The molecule has 0 radical (unpaired) electrons. The molecule has 0 spiro atoms. The Hall–Kier alpha value is -6.49. The summed E-state index contributed by atoms with van der Waals surface area (Å²) in [7, 11) is 0. The highest BCUT2D eigenvalue weighted by Gasteiger charge is 2.24. The van der Waals surface area contributed by atoms with Crippen LogP contribution in [0, 0.1) is 6.92 Å². The SMILES string of the molecule is Cc1ccc2nc(NC(=O)C(Sc3ccc(NC(=O)/C(=C/c4ccc(OCc5ccccc5)cc4)NC(=O)c4ccccc4)cc3)c3ccccc3)sc2c1. The van der Waals surface area contributed by atoms with Gasteiger partial charge in [0, 0.05) is 16.1 Å². The lowest BCUT2D eigenvalue weighted by atomic mass is 10.1. The van der Waals surface area contributed by atoms with E-state index >= 15 is 0 Å². The molecule has 6 aromatic carbocycles. The summed E-state index contributed by atoms with van der Waals surface area (Å²) in [5, 5.41) is 8.71. The third-order valence-electron chi connectivity index (χ3n) is 8.45. The number of fused-ring (bicyclic) bond motifs is 1. The highest BCUT2D eigenvalue weighted by Crippen LogP contribution is 2.37. The maximum absolute atomic E-state index is 13.7. The first-order chi connectivity index (χ1) is 26.9. The number of benzene rings is 6. The molecule has 0 saturated carbocycles. The van der Waals surface area contributed by atoms with Gasteiger partial charge in [0.05, 0.1) is 10.2 Å². The number of thioether (sulfide) groups is 1. The fraction of sp³-hybridized carbons (Fsp3) is 0.0667. The van der Waals surface area contributed by atoms with E-state index in [1.165, 1.54) is 23.1 Å². The van der Waals surface area contributed by atoms with Crippen molar-refractivity contribution in [2.45, 2.75) is 23.7 Å². The fourth-order valence-corrected chi connectivity index (χ4v) is 7.61. The largest absolute Gasteiger partial charge is 0.489 e. The number of ether oxygens (including phenoxy) is 1. The van der Waals surface area contributed by atoms with Gasteiger partial charge >= 0.3 is 0 Å². The number of anilines is 2. The van der Waals surface area contributed by atoms with E-state index in [1.807, 2.05) is 122 Å². The highest BCUT2D eigenvalue weighted by molar-refractivity contribution is 8.00. The third kappa shape index (κ3) is 9.94. The maximum atomic E-state index is 13.7. The zero-order valence-electron chi connectivity index (χ0n) is 29.8. The number of nitrogens with one attached hydrogen (secondary N) is 3. The number of nitrogens with zero attached hydrogens (tertiary/aromatic N) is 1. The van der Waals surface area contributed by atoms with Crippen LogP contribution in [0.3, 0.4) is 0 Å². The number of amides is 3. The van der Waals surface area contributed by atoms with Gasteiger partial charge in [0.1, 0.15) is 23.3 Å². The first-order valence-corrected chi connectivity index (χ1v) is 19.2. The van der Waals surface area contributed by atoms with E-state index in [1.54, 1.807) is 42.5 Å². The van der Waals surface area contributed by atoms with E-state index in [4.69, 9.17) is 4.74 Å².